The van der Waals surface area contributed by atoms with E-state index in [1.165, 1.54) is 36.0 Å². The summed E-state index contributed by atoms with van der Waals surface area (Å²) in [6.07, 6.45) is 3.71. The summed E-state index contributed by atoms with van der Waals surface area (Å²) in [6.45, 7) is 9.63. The summed E-state index contributed by atoms with van der Waals surface area (Å²) in [6, 6.07) is 4.53. The molecule has 1 aromatic rings. The van der Waals surface area contributed by atoms with Gasteiger partial charge < -0.3 is 10.5 Å². The molecule has 19 heavy (non-hydrogen) atoms. The molecule has 0 bridgehead atoms. The summed E-state index contributed by atoms with van der Waals surface area (Å²) >= 11 is 0. The Bertz CT molecular complexity index is 461. The minimum Gasteiger partial charge on any atom is -0.496 e. The van der Waals surface area contributed by atoms with Crippen molar-refractivity contribution >= 4 is 0 Å². The summed E-state index contributed by atoms with van der Waals surface area (Å²) in [5.41, 5.74) is 10.4. The van der Waals surface area contributed by atoms with Crippen LogP contribution in [0.1, 0.15) is 56.7 Å². The number of hydrogen-bond acceptors (Lipinski definition) is 2. The molecule has 1 aliphatic rings. The van der Waals surface area contributed by atoms with Gasteiger partial charge in [0, 0.05) is 12.0 Å². The minimum absolute atomic E-state index is 0.101. The molecule has 1 aliphatic carbocycles. The molecule has 0 amide bonds. The van der Waals surface area contributed by atoms with Gasteiger partial charge in [0.25, 0.3) is 0 Å². The van der Waals surface area contributed by atoms with Crippen molar-refractivity contribution in [3.8, 4) is 5.75 Å². The van der Waals surface area contributed by atoms with Crippen LogP contribution in [0.5, 0.6) is 5.75 Å². The highest BCUT2D eigenvalue weighted by Gasteiger charge is 2.39. The molecule has 0 spiro atoms. The van der Waals surface area contributed by atoms with Crippen LogP contribution in [0.2, 0.25) is 0 Å². The van der Waals surface area contributed by atoms with Crippen LogP contribution in [0.4, 0.5) is 0 Å². The van der Waals surface area contributed by atoms with Crippen LogP contribution in [0, 0.1) is 6.92 Å². The van der Waals surface area contributed by atoms with Crippen molar-refractivity contribution in [1.82, 2.24) is 0 Å². The van der Waals surface area contributed by atoms with Crippen molar-refractivity contribution < 1.29 is 4.74 Å². The fourth-order valence-electron chi connectivity index (χ4n) is 3.20. The predicted octanol–water partition coefficient (Wildman–Crippen LogP) is 3.68. The molecule has 2 nitrogen and oxygen atoms in total. The fraction of sp³-hybridized carbons (Fsp3) is 0.647. The largest absolute Gasteiger partial charge is 0.496 e. The van der Waals surface area contributed by atoms with E-state index in [1.54, 1.807) is 7.11 Å². The maximum absolute atomic E-state index is 6.04. The molecule has 1 aromatic carbocycles. The Hall–Kier alpha value is -1.02. The van der Waals surface area contributed by atoms with E-state index < -0.39 is 0 Å². The molecular formula is C17H27NO. The first-order valence-corrected chi connectivity index (χ1v) is 7.24. The van der Waals surface area contributed by atoms with Gasteiger partial charge in [0.15, 0.2) is 0 Å². The first-order chi connectivity index (χ1) is 8.84. The zero-order valence-corrected chi connectivity index (χ0v) is 13.0. The van der Waals surface area contributed by atoms with Gasteiger partial charge in [-0.25, -0.2) is 0 Å². The number of methoxy groups -OCH3 is 1. The molecule has 0 aromatic heterocycles. The van der Waals surface area contributed by atoms with E-state index in [4.69, 9.17) is 10.5 Å². The molecule has 0 atom stereocenters. The highest BCUT2D eigenvalue weighted by atomic mass is 16.5. The zero-order valence-electron chi connectivity index (χ0n) is 13.0. The number of rotatable bonds is 3. The average Bonchev–Trinajstić information content (AvgIpc) is 2.28. The first-order valence-electron chi connectivity index (χ1n) is 7.24. The van der Waals surface area contributed by atoms with E-state index in [-0.39, 0.29) is 10.8 Å². The number of nitrogens with two attached hydrogens (primary N) is 1. The van der Waals surface area contributed by atoms with Gasteiger partial charge in [0.2, 0.25) is 0 Å². The third-order valence-electron chi connectivity index (χ3n) is 4.63. The Kier molecular flexibility index (Phi) is 3.65. The van der Waals surface area contributed by atoms with E-state index in [0.29, 0.717) is 0 Å². The summed E-state index contributed by atoms with van der Waals surface area (Å²) in [5.74, 6) is 1.01. The summed E-state index contributed by atoms with van der Waals surface area (Å²) in [4.78, 5) is 0. The lowest BCUT2D eigenvalue weighted by atomic mass is 9.63. The maximum Gasteiger partial charge on any atom is 0.122 e. The van der Waals surface area contributed by atoms with Crippen molar-refractivity contribution in [3.63, 3.8) is 0 Å². The van der Waals surface area contributed by atoms with E-state index in [2.05, 4.69) is 39.8 Å². The van der Waals surface area contributed by atoms with Gasteiger partial charge in [0.1, 0.15) is 5.75 Å². The molecule has 0 saturated heterocycles. The summed E-state index contributed by atoms with van der Waals surface area (Å²) < 4.78 is 5.63. The highest BCUT2D eigenvalue weighted by Crippen LogP contribution is 2.46. The lowest BCUT2D eigenvalue weighted by molar-refractivity contribution is 0.250. The van der Waals surface area contributed by atoms with Gasteiger partial charge in [-0.15, -0.1) is 0 Å². The topological polar surface area (TPSA) is 35.2 Å². The summed E-state index contributed by atoms with van der Waals surface area (Å²) in [7, 11) is 1.76. The Balaban J connectivity index is 2.54. The lowest BCUT2D eigenvalue weighted by Crippen LogP contribution is -2.42. The van der Waals surface area contributed by atoms with E-state index in [9.17, 15) is 0 Å². The van der Waals surface area contributed by atoms with Crippen molar-refractivity contribution in [2.75, 3.05) is 13.7 Å². The number of ether oxygens (including phenoxy) is 1. The second-order valence-electron chi connectivity index (χ2n) is 6.96. The Morgan fingerprint density at radius 3 is 2.26 bits per heavy atom. The molecule has 2 N–H and O–H groups in total. The molecule has 0 radical (unpaired) electrons. The van der Waals surface area contributed by atoms with Gasteiger partial charge >= 0.3 is 0 Å². The molecular weight excluding hydrogens is 234 g/mol. The smallest absolute Gasteiger partial charge is 0.122 e. The van der Waals surface area contributed by atoms with Crippen LogP contribution in [0.25, 0.3) is 0 Å². The molecule has 1 saturated carbocycles. The summed E-state index contributed by atoms with van der Waals surface area (Å²) in [5, 5.41) is 0. The van der Waals surface area contributed by atoms with Gasteiger partial charge in [-0.3, -0.25) is 0 Å². The van der Waals surface area contributed by atoms with Crippen molar-refractivity contribution in [3.05, 3.63) is 28.8 Å². The van der Waals surface area contributed by atoms with Gasteiger partial charge in [-0.05, 0) is 47.9 Å². The Morgan fingerprint density at radius 2 is 1.89 bits per heavy atom. The molecule has 0 aliphatic heterocycles. The van der Waals surface area contributed by atoms with Crippen LogP contribution in [-0.4, -0.2) is 13.7 Å². The van der Waals surface area contributed by atoms with Crippen molar-refractivity contribution in [1.29, 1.82) is 0 Å². The molecule has 2 heteroatoms. The van der Waals surface area contributed by atoms with E-state index in [0.717, 1.165) is 12.3 Å². The Morgan fingerprint density at radius 1 is 1.26 bits per heavy atom. The van der Waals surface area contributed by atoms with Crippen LogP contribution < -0.4 is 10.5 Å². The van der Waals surface area contributed by atoms with Crippen LogP contribution in [0.15, 0.2) is 12.1 Å². The van der Waals surface area contributed by atoms with Gasteiger partial charge in [-0.2, -0.15) is 0 Å². The van der Waals surface area contributed by atoms with Crippen LogP contribution in [-0.2, 0) is 10.8 Å². The quantitative estimate of drug-likeness (QED) is 0.900. The van der Waals surface area contributed by atoms with Gasteiger partial charge in [-0.1, -0.05) is 33.3 Å². The second kappa shape index (κ2) is 4.82. The monoisotopic (exact) mass is 261 g/mol. The Labute approximate surface area is 117 Å². The van der Waals surface area contributed by atoms with Crippen LogP contribution >= 0.6 is 0 Å². The average molecular weight is 261 g/mol. The number of benzene rings is 1. The molecule has 0 heterocycles. The zero-order chi connectivity index (χ0) is 14.3. The fourth-order valence-corrected chi connectivity index (χ4v) is 3.20. The molecule has 106 valence electrons. The van der Waals surface area contributed by atoms with Crippen LogP contribution in [0.3, 0.4) is 0 Å². The van der Waals surface area contributed by atoms with E-state index >= 15 is 0 Å². The van der Waals surface area contributed by atoms with Gasteiger partial charge in [0.05, 0.1) is 7.11 Å². The normalized spacial score (nSPS) is 18.0. The highest BCUT2D eigenvalue weighted by molar-refractivity contribution is 5.49. The third kappa shape index (κ3) is 2.38. The molecule has 2 rings (SSSR count). The standard InChI is InChI=1S/C17H27NO/c1-12-9-14(16(2,3)4)15(19-5)10-13(12)17(11-18)7-6-8-17/h9-10H,6-8,11,18H2,1-5H3. The maximum atomic E-state index is 6.04. The molecule has 1 fully saturated rings. The first kappa shape index (κ1) is 14.4. The number of aryl methyl sites for hydroxylation is 1. The van der Waals surface area contributed by atoms with Crippen molar-refractivity contribution in [2.45, 2.75) is 57.8 Å². The SMILES string of the molecule is COc1cc(C2(CN)CCC2)c(C)cc1C(C)(C)C. The molecule has 0 unspecified atom stereocenters. The number of hydrogen-bond donors (Lipinski definition) is 1. The minimum atomic E-state index is 0.101. The van der Waals surface area contributed by atoms with E-state index in [1.807, 2.05) is 0 Å². The lowest BCUT2D eigenvalue weighted by Gasteiger charge is -2.43. The third-order valence-corrected chi connectivity index (χ3v) is 4.63. The second-order valence-corrected chi connectivity index (χ2v) is 6.96. The van der Waals surface area contributed by atoms with Crippen molar-refractivity contribution in [2.24, 2.45) is 5.73 Å². The predicted molar refractivity (Wildman–Crippen MR) is 81.0 cm³/mol.